The molecule has 0 aliphatic carbocycles. The summed E-state index contributed by atoms with van der Waals surface area (Å²) < 4.78 is 28.7. The zero-order valence-corrected chi connectivity index (χ0v) is 23.2. The van der Waals surface area contributed by atoms with Gasteiger partial charge in [0.2, 0.25) is 0 Å². The predicted octanol–water partition coefficient (Wildman–Crippen LogP) is 5.99. The number of ketones is 1. The van der Waals surface area contributed by atoms with E-state index in [2.05, 4.69) is 25.6 Å². The van der Waals surface area contributed by atoms with Crippen LogP contribution in [0.3, 0.4) is 0 Å². The number of nitrogens with zero attached hydrogens (tertiary/aromatic N) is 2. The van der Waals surface area contributed by atoms with Crippen LogP contribution in [0, 0.1) is 0 Å². The van der Waals surface area contributed by atoms with Gasteiger partial charge in [-0.05, 0) is 66.2 Å². The fraction of sp³-hybridized carbons (Fsp3) is 0.0385. The summed E-state index contributed by atoms with van der Waals surface area (Å²) in [4.78, 5) is 31.7. The Morgan fingerprint density at radius 2 is 1.66 bits per heavy atom. The van der Waals surface area contributed by atoms with E-state index in [1.165, 1.54) is 35.4 Å². The highest BCUT2D eigenvalue weighted by Gasteiger charge is 2.47. The summed E-state index contributed by atoms with van der Waals surface area (Å²) in [5.74, 6) is -2.07. The standard InChI is InChI=1S/C26H17BrClN3O5S2/c27-17-5-1-15(2-6-17)22-21(23(32)16-3-7-18(28)8-4-16)24(33)25(34)31(22)19-9-11-20(12-10-19)38(35,36)30-26-29-13-14-37-26/h1-14,22,32H,(H,29,30)/t22-/m1/s1. The number of aliphatic hydroxyl groups excluding tert-OH is 1. The molecule has 1 aliphatic heterocycles. The van der Waals surface area contributed by atoms with Gasteiger partial charge in [-0.2, -0.15) is 0 Å². The number of rotatable bonds is 6. The van der Waals surface area contributed by atoms with E-state index in [-0.39, 0.29) is 27.0 Å². The van der Waals surface area contributed by atoms with E-state index < -0.39 is 27.8 Å². The van der Waals surface area contributed by atoms with Crippen molar-refractivity contribution < 1.29 is 23.1 Å². The minimum absolute atomic E-state index is 0.0469. The Kier molecular flexibility index (Phi) is 7.10. The number of carbonyl (C=O) groups excluding carboxylic acids is 2. The van der Waals surface area contributed by atoms with Crippen LogP contribution in [0.15, 0.2) is 99.3 Å². The van der Waals surface area contributed by atoms with Crippen molar-refractivity contribution >= 4 is 77.2 Å². The van der Waals surface area contributed by atoms with Gasteiger partial charge in [0.25, 0.3) is 21.7 Å². The van der Waals surface area contributed by atoms with Gasteiger partial charge in [0.15, 0.2) is 5.13 Å². The molecule has 0 bridgehead atoms. The second-order valence-corrected chi connectivity index (χ2v) is 12.1. The summed E-state index contributed by atoms with van der Waals surface area (Å²) in [7, 11) is -3.92. The number of amides is 1. The molecule has 0 spiro atoms. The maximum absolute atomic E-state index is 13.3. The third-order valence-electron chi connectivity index (χ3n) is 5.83. The smallest absolute Gasteiger partial charge is 0.300 e. The van der Waals surface area contributed by atoms with E-state index in [1.807, 2.05) is 0 Å². The summed E-state index contributed by atoms with van der Waals surface area (Å²) in [5, 5.41) is 13.5. The van der Waals surface area contributed by atoms with E-state index in [4.69, 9.17) is 11.6 Å². The second-order valence-electron chi connectivity index (χ2n) is 8.16. The van der Waals surface area contributed by atoms with Crippen molar-refractivity contribution in [2.24, 2.45) is 0 Å². The highest BCUT2D eigenvalue weighted by Crippen LogP contribution is 2.42. The first-order valence-corrected chi connectivity index (χ1v) is 14.5. The van der Waals surface area contributed by atoms with E-state index in [1.54, 1.807) is 53.9 Å². The molecular formula is C26H17BrClN3O5S2. The summed E-state index contributed by atoms with van der Waals surface area (Å²) in [6.07, 6.45) is 1.48. The number of Topliss-reactive ketones (excluding diaryl/α,β-unsaturated/α-hetero) is 1. The van der Waals surface area contributed by atoms with Crippen LogP contribution in [-0.2, 0) is 19.6 Å². The molecular weight excluding hydrogens is 614 g/mol. The van der Waals surface area contributed by atoms with Crippen LogP contribution in [0.1, 0.15) is 17.2 Å². The lowest BCUT2D eigenvalue weighted by molar-refractivity contribution is -0.132. The fourth-order valence-electron chi connectivity index (χ4n) is 4.06. The van der Waals surface area contributed by atoms with Gasteiger partial charge >= 0.3 is 0 Å². The van der Waals surface area contributed by atoms with Gasteiger partial charge in [0, 0.05) is 32.3 Å². The van der Waals surface area contributed by atoms with Crippen molar-refractivity contribution in [3.63, 3.8) is 0 Å². The molecule has 1 saturated heterocycles. The molecule has 0 saturated carbocycles. The molecule has 5 rings (SSSR count). The normalized spacial score (nSPS) is 17.1. The third kappa shape index (κ3) is 4.97. The van der Waals surface area contributed by atoms with Crippen molar-refractivity contribution in [2.75, 3.05) is 9.62 Å². The molecule has 2 N–H and O–H groups in total. The van der Waals surface area contributed by atoms with E-state index in [9.17, 15) is 23.1 Å². The van der Waals surface area contributed by atoms with Crippen LogP contribution < -0.4 is 9.62 Å². The van der Waals surface area contributed by atoms with Crippen molar-refractivity contribution in [1.82, 2.24) is 4.98 Å². The van der Waals surface area contributed by atoms with Crippen LogP contribution in [0.5, 0.6) is 0 Å². The minimum atomic E-state index is -3.92. The molecule has 1 fully saturated rings. The third-order valence-corrected chi connectivity index (χ3v) is 8.78. The first kappa shape index (κ1) is 26.1. The molecule has 192 valence electrons. The molecule has 1 aromatic heterocycles. The Labute approximate surface area is 235 Å². The number of nitrogens with one attached hydrogen (secondary N) is 1. The van der Waals surface area contributed by atoms with Crippen molar-refractivity contribution in [1.29, 1.82) is 0 Å². The molecule has 1 amide bonds. The first-order valence-electron chi connectivity index (χ1n) is 11.0. The number of benzene rings is 3. The van der Waals surface area contributed by atoms with Crippen molar-refractivity contribution in [3.05, 3.63) is 111 Å². The van der Waals surface area contributed by atoms with Crippen molar-refractivity contribution in [3.8, 4) is 0 Å². The number of sulfonamides is 1. The van der Waals surface area contributed by atoms with Gasteiger partial charge in [-0.1, -0.05) is 39.7 Å². The largest absolute Gasteiger partial charge is 0.507 e. The molecule has 2 heterocycles. The SMILES string of the molecule is O=C1C(=O)N(c2ccc(S(=O)(=O)Nc3nccs3)cc2)[C@H](c2ccc(Br)cc2)C1=C(O)c1ccc(Cl)cc1. The number of aromatic nitrogens is 1. The number of anilines is 2. The van der Waals surface area contributed by atoms with Crippen LogP contribution in [0.2, 0.25) is 5.02 Å². The predicted molar refractivity (Wildman–Crippen MR) is 150 cm³/mol. The maximum Gasteiger partial charge on any atom is 0.300 e. The molecule has 1 atom stereocenters. The Hall–Kier alpha value is -3.51. The van der Waals surface area contributed by atoms with Crippen molar-refractivity contribution in [2.45, 2.75) is 10.9 Å². The van der Waals surface area contributed by atoms with Crippen LogP contribution >= 0.6 is 38.9 Å². The number of thiazole rings is 1. The molecule has 38 heavy (non-hydrogen) atoms. The lowest BCUT2D eigenvalue weighted by Crippen LogP contribution is -2.29. The summed E-state index contributed by atoms with van der Waals surface area (Å²) in [5.41, 5.74) is 1.08. The fourth-order valence-corrected chi connectivity index (χ4v) is 6.24. The topological polar surface area (TPSA) is 117 Å². The van der Waals surface area contributed by atoms with Gasteiger partial charge in [0.05, 0.1) is 16.5 Å². The lowest BCUT2D eigenvalue weighted by Gasteiger charge is -2.25. The van der Waals surface area contributed by atoms with Crippen LogP contribution in [0.25, 0.3) is 5.76 Å². The number of aliphatic hydroxyl groups is 1. The quantitative estimate of drug-likeness (QED) is 0.154. The Balaban J connectivity index is 1.59. The highest BCUT2D eigenvalue weighted by molar-refractivity contribution is 9.10. The number of halogens is 2. The van der Waals surface area contributed by atoms with E-state index in [0.29, 0.717) is 16.1 Å². The van der Waals surface area contributed by atoms with E-state index >= 15 is 0 Å². The number of carbonyl (C=O) groups is 2. The zero-order chi connectivity index (χ0) is 27.0. The monoisotopic (exact) mass is 629 g/mol. The van der Waals surface area contributed by atoms with Gasteiger partial charge < -0.3 is 5.11 Å². The maximum atomic E-state index is 13.3. The Morgan fingerprint density at radius 3 is 2.26 bits per heavy atom. The van der Waals surface area contributed by atoms with Crippen LogP contribution in [0.4, 0.5) is 10.8 Å². The van der Waals surface area contributed by atoms with Gasteiger partial charge in [0.1, 0.15) is 5.76 Å². The molecule has 3 aromatic carbocycles. The minimum Gasteiger partial charge on any atom is -0.507 e. The Morgan fingerprint density at radius 1 is 1.00 bits per heavy atom. The summed E-state index contributed by atoms with van der Waals surface area (Å²) >= 11 is 10.5. The van der Waals surface area contributed by atoms with Gasteiger partial charge in [-0.15, -0.1) is 11.3 Å². The molecule has 4 aromatic rings. The number of hydrogen-bond donors (Lipinski definition) is 2. The van der Waals surface area contributed by atoms with Gasteiger partial charge in [-0.3, -0.25) is 19.2 Å². The first-order chi connectivity index (χ1) is 18.2. The van der Waals surface area contributed by atoms with E-state index in [0.717, 1.165) is 15.8 Å². The lowest BCUT2D eigenvalue weighted by atomic mass is 9.95. The molecule has 8 nitrogen and oxygen atoms in total. The average Bonchev–Trinajstić information content (AvgIpc) is 3.50. The molecule has 0 radical (unpaired) electrons. The summed E-state index contributed by atoms with van der Waals surface area (Å²) in [6.45, 7) is 0. The molecule has 0 unspecified atom stereocenters. The molecule has 12 heteroatoms. The zero-order valence-electron chi connectivity index (χ0n) is 19.2. The Bertz CT molecular complexity index is 1660. The van der Waals surface area contributed by atoms with Gasteiger partial charge in [-0.25, -0.2) is 13.4 Å². The molecule has 1 aliphatic rings. The number of hydrogen-bond acceptors (Lipinski definition) is 7. The van der Waals surface area contributed by atoms with Crippen LogP contribution in [-0.4, -0.2) is 30.2 Å². The summed E-state index contributed by atoms with van der Waals surface area (Å²) in [6, 6.07) is 17.8. The second kappa shape index (κ2) is 10.3. The highest BCUT2D eigenvalue weighted by atomic mass is 79.9. The average molecular weight is 631 g/mol.